The SMILES string of the molecule is Cc1ccc(-c2cn3c(n2)sc2ccccc23)cc1C. The zero-order chi connectivity index (χ0) is 13.7. The summed E-state index contributed by atoms with van der Waals surface area (Å²) >= 11 is 1.74. The molecule has 2 nitrogen and oxygen atoms in total. The van der Waals surface area contributed by atoms with Crippen LogP contribution in [-0.4, -0.2) is 9.38 Å². The summed E-state index contributed by atoms with van der Waals surface area (Å²) in [5.41, 5.74) is 6.09. The molecule has 20 heavy (non-hydrogen) atoms. The summed E-state index contributed by atoms with van der Waals surface area (Å²) in [6.45, 7) is 4.28. The fourth-order valence-electron chi connectivity index (χ4n) is 2.49. The Labute approximate surface area is 121 Å². The Morgan fingerprint density at radius 3 is 2.70 bits per heavy atom. The second kappa shape index (κ2) is 4.18. The van der Waals surface area contributed by atoms with Crippen molar-refractivity contribution in [3.8, 4) is 11.3 Å². The van der Waals surface area contributed by atoms with Crippen molar-refractivity contribution in [2.45, 2.75) is 13.8 Å². The van der Waals surface area contributed by atoms with Crippen LogP contribution in [0.15, 0.2) is 48.7 Å². The van der Waals surface area contributed by atoms with E-state index in [9.17, 15) is 0 Å². The van der Waals surface area contributed by atoms with Gasteiger partial charge in [0.25, 0.3) is 0 Å². The molecule has 0 radical (unpaired) electrons. The minimum Gasteiger partial charge on any atom is -0.290 e. The van der Waals surface area contributed by atoms with Gasteiger partial charge in [0, 0.05) is 11.8 Å². The standard InChI is InChI=1S/C17H14N2S/c1-11-7-8-13(9-12(11)2)14-10-19-15-5-3-4-6-16(15)20-17(19)18-14/h3-10H,1-2H3. The maximum atomic E-state index is 4.77. The molecule has 0 atom stereocenters. The number of nitrogens with zero attached hydrogens (tertiary/aromatic N) is 2. The minimum atomic E-state index is 1.05. The molecule has 4 rings (SSSR count). The normalized spacial score (nSPS) is 11.5. The highest BCUT2D eigenvalue weighted by atomic mass is 32.1. The summed E-state index contributed by atoms with van der Waals surface area (Å²) in [6, 6.07) is 15.0. The van der Waals surface area contributed by atoms with Crippen LogP contribution < -0.4 is 0 Å². The lowest BCUT2D eigenvalue weighted by molar-refractivity contribution is 1.30. The van der Waals surface area contributed by atoms with E-state index < -0.39 is 0 Å². The first-order valence-corrected chi connectivity index (χ1v) is 7.48. The molecule has 0 amide bonds. The van der Waals surface area contributed by atoms with E-state index in [4.69, 9.17) is 4.98 Å². The monoisotopic (exact) mass is 278 g/mol. The van der Waals surface area contributed by atoms with Crippen molar-refractivity contribution in [3.63, 3.8) is 0 Å². The summed E-state index contributed by atoms with van der Waals surface area (Å²) in [7, 11) is 0. The van der Waals surface area contributed by atoms with Crippen LogP contribution in [0, 0.1) is 13.8 Å². The third kappa shape index (κ3) is 1.67. The number of fused-ring (bicyclic) bond motifs is 3. The zero-order valence-electron chi connectivity index (χ0n) is 11.4. The molecule has 0 fully saturated rings. The van der Waals surface area contributed by atoms with E-state index in [0.717, 1.165) is 10.7 Å². The Morgan fingerprint density at radius 1 is 1.00 bits per heavy atom. The van der Waals surface area contributed by atoms with E-state index in [1.54, 1.807) is 11.3 Å². The lowest BCUT2D eigenvalue weighted by Gasteiger charge is -2.02. The van der Waals surface area contributed by atoms with Crippen molar-refractivity contribution in [2.75, 3.05) is 0 Å². The summed E-state index contributed by atoms with van der Waals surface area (Å²) in [5.74, 6) is 0. The first kappa shape index (κ1) is 11.7. The number of para-hydroxylation sites is 1. The number of imidazole rings is 1. The lowest BCUT2D eigenvalue weighted by atomic mass is 10.1. The third-order valence-corrected chi connectivity index (χ3v) is 4.84. The second-order valence-corrected chi connectivity index (χ2v) is 6.16. The predicted octanol–water partition coefficient (Wildman–Crippen LogP) is 4.83. The fraction of sp³-hybridized carbons (Fsp3) is 0.118. The van der Waals surface area contributed by atoms with Crippen LogP contribution in [-0.2, 0) is 0 Å². The van der Waals surface area contributed by atoms with Crippen molar-refractivity contribution in [1.82, 2.24) is 9.38 Å². The number of aromatic nitrogens is 2. The van der Waals surface area contributed by atoms with Crippen molar-refractivity contribution in [1.29, 1.82) is 0 Å². The van der Waals surface area contributed by atoms with Crippen LogP contribution in [0.4, 0.5) is 0 Å². The van der Waals surface area contributed by atoms with Crippen LogP contribution in [0.3, 0.4) is 0 Å². The van der Waals surface area contributed by atoms with Crippen molar-refractivity contribution in [3.05, 3.63) is 59.8 Å². The van der Waals surface area contributed by atoms with Gasteiger partial charge in [0.05, 0.1) is 15.9 Å². The van der Waals surface area contributed by atoms with E-state index >= 15 is 0 Å². The Balaban J connectivity index is 1.94. The van der Waals surface area contributed by atoms with Crippen LogP contribution >= 0.6 is 11.3 Å². The van der Waals surface area contributed by atoms with Gasteiger partial charge in [-0.3, -0.25) is 4.40 Å². The van der Waals surface area contributed by atoms with Gasteiger partial charge in [-0.25, -0.2) is 4.98 Å². The van der Waals surface area contributed by atoms with Crippen LogP contribution in [0.5, 0.6) is 0 Å². The third-order valence-electron chi connectivity index (χ3n) is 3.80. The molecule has 0 spiro atoms. The Bertz CT molecular complexity index is 931. The first-order chi connectivity index (χ1) is 9.72. The van der Waals surface area contributed by atoms with E-state index in [2.05, 4.69) is 66.9 Å². The quantitative estimate of drug-likeness (QED) is 0.487. The molecule has 4 aromatic rings. The molecule has 2 aromatic carbocycles. The topological polar surface area (TPSA) is 17.3 Å². The van der Waals surface area contributed by atoms with Gasteiger partial charge in [-0.2, -0.15) is 0 Å². The predicted molar refractivity (Wildman–Crippen MR) is 85.5 cm³/mol. The molecule has 0 N–H and O–H groups in total. The number of hydrogen-bond donors (Lipinski definition) is 0. The van der Waals surface area contributed by atoms with Gasteiger partial charge in [0.2, 0.25) is 0 Å². The maximum Gasteiger partial charge on any atom is 0.195 e. The number of aryl methyl sites for hydroxylation is 2. The van der Waals surface area contributed by atoms with Gasteiger partial charge in [-0.1, -0.05) is 35.6 Å². The van der Waals surface area contributed by atoms with Gasteiger partial charge in [0.15, 0.2) is 4.96 Å². The van der Waals surface area contributed by atoms with Crippen LogP contribution in [0.1, 0.15) is 11.1 Å². The highest BCUT2D eigenvalue weighted by molar-refractivity contribution is 7.23. The Hall–Kier alpha value is -2.13. The summed E-state index contributed by atoms with van der Waals surface area (Å²) in [4.78, 5) is 5.83. The summed E-state index contributed by atoms with van der Waals surface area (Å²) < 4.78 is 3.46. The molecule has 0 unspecified atom stereocenters. The van der Waals surface area contributed by atoms with E-state index in [0.29, 0.717) is 0 Å². The summed E-state index contributed by atoms with van der Waals surface area (Å²) in [6.07, 6.45) is 2.14. The van der Waals surface area contributed by atoms with Crippen LogP contribution in [0.2, 0.25) is 0 Å². The van der Waals surface area contributed by atoms with E-state index in [-0.39, 0.29) is 0 Å². The van der Waals surface area contributed by atoms with E-state index in [1.807, 2.05) is 0 Å². The molecular formula is C17H14N2S. The Morgan fingerprint density at radius 2 is 1.85 bits per heavy atom. The minimum absolute atomic E-state index is 1.05. The molecule has 0 saturated heterocycles. The van der Waals surface area contributed by atoms with E-state index in [1.165, 1.54) is 26.9 Å². The molecule has 0 saturated carbocycles. The van der Waals surface area contributed by atoms with Gasteiger partial charge in [-0.15, -0.1) is 0 Å². The number of benzene rings is 2. The van der Waals surface area contributed by atoms with Gasteiger partial charge in [-0.05, 0) is 43.2 Å². The zero-order valence-corrected chi connectivity index (χ0v) is 12.2. The molecule has 0 aliphatic carbocycles. The van der Waals surface area contributed by atoms with Crippen molar-refractivity contribution < 1.29 is 0 Å². The molecule has 0 aliphatic heterocycles. The molecule has 2 aromatic heterocycles. The van der Waals surface area contributed by atoms with Gasteiger partial charge < -0.3 is 0 Å². The number of thiazole rings is 1. The van der Waals surface area contributed by atoms with Crippen molar-refractivity contribution in [2.24, 2.45) is 0 Å². The molecular weight excluding hydrogens is 264 g/mol. The summed E-state index contributed by atoms with van der Waals surface area (Å²) in [5, 5.41) is 0. The molecule has 0 bridgehead atoms. The molecule has 3 heteroatoms. The molecule has 98 valence electrons. The smallest absolute Gasteiger partial charge is 0.195 e. The largest absolute Gasteiger partial charge is 0.290 e. The van der Waals surface area contributed by atoms with Gasteiger partial charge >= 0.3 is 0 Å². The average Bonchev–Trinajstić information content (AvgIpc) is 2.99. The first-order valence-electron chi connectivity index (χ1n) is 6.66. The molecule has 2 heterocycles. The second-order valence-electron chi connectivity index (χ2n) is 5.15. The number of rotatable bonds is 1. The van der Waals surface area contributed by atoms with Crippen LogP contribution in [0.25, 0.3) is 26.4 Å². The molecule has 0 aliphatic rings. The maximum absolute atomic E-state index is 4.77. The Kier molecular flexibility index (Phi) is 2.44. The highest BCUT2D eigenvalue weighted by Gasteiger charge is 2.10. The highest BCUT2D eigenvalue weighted by Crippen LogP contribution is 2.29. The fourth-order valence-corrected chi connectivity index (χ4v) is 3.50. The van der Waals surface area contributed by atoms with Gasteiger partial charge in [0.1, 0.15) is 0 Å². The lowest BCUT2D eigenvalue weighted by Crippen LogP contribution is -1.83. The average molecular weight is 278 g/mol. The van der Waals surface area contributed by atoms with Crippen molar-refractivity contribution >= 4 is 26.5 Å². The number of hydrogen-bond acceptors (Lipinski definition) is 2.